The van der Waals surface area contributed by atoms with Gasteiger partial charge in [0.25, 0.3) is 11.5 Å². The zero-order valence-corrected chi connectivity index (χ0v) is 19.1. The molecule has 2 aromatic heterocycles. The van der Waals surface area contributed by atoms with Crippen molar-refractivity contribution in [2.24, 2.45) is 12.8 Å². The van der Waals surface area contributed by atoms with Gasteiger partial charge in [-0.15, -0.1) is 0 Å². The third-order valence-electron chi connectivity index (χ3n) is 5.32. The average molecular weight is 496 g/mol. The fraction of sp³-hybridized carbons (Fsp3) is 0.160. The number of hydrogen-bond donors (Lipinski definition) is 2. The molecule has 36 heavy (non-hydrogen) atoms. The number of primary amides is 1. The second kappa shape index (κ2) is 11.2. The van der Waals surface area contributed by atoms with Crippen LogP contribution in [0.15, 0.2) is 70.5 Å². The van der Waals surface area contributed by atoms with Crippen molar-refractivity contribution < 1.29 is 23.5 Å². The number of aryl methyl sites for hydroxylation is 2. The van der Waals surface area contributed by atoms with E-state index in [1.165, 1.54) is 21.5 Å². The maximum atomic E-state index is 12.6. The summed E-state index contributed by atoms with van der Waals surface area (Å²) in [6.07, 6.45) is 3.45. The average Bonchev–Trinajstić information content (AvgIpc) is 2.84. The number of benzene rings is 2. The lowest BCUT2D eigenvalue weighted by Gasteiger charge is -2.11. The monoisotopic (exact) mass is 496 g/mol. The van der Waals surface area contributed by atoms with E-state index in [0.29, 0.717) is 17.3 Å². The number of nitrogens with two attached hydrogens (primary N) is 1. The van der Waals surface area contributed by atoms with Crippen LogP contribution in [-0.4, -0.2) is 31.1 Å². The number of amides is 1. The molecule has 0 aliphatic rings. The minimum Gasteiger partial charge on any atom is -0.481 e. The minimum absolute atomic E-state index is 0.0359. The maximum absolute atomic E-state index is 12.6. The van der Waals surface area contributed by atoms with Gasteiger partial charge in [0.1, 0.15) is 17.2 Å². The molecule has 0 unspecified atom stereocenters. The molecular formula is C25H22F2N4O5. The van der Waals surface area contributed by atoms with Crippen molar-refractivity contribution in [3.05, 3.63) is 110 Å². The number of nitrogens with zero attached hydrogens (tertiary/aromatic N) is 3. The van der Waals surface area contributed by atoms with Crippen LogP contribution in [0.5, 0.6) is 0 Å². The van der Waals surface area contributed by atoms with Crippen molar-refractivity contribution in [2.75, 3.05) is 0 Å². The third kappa shape index (κ3) is 5.87. The predicted molar refractivity (Wildman–Crippen MR) is 128 cm³/mol. The van der Waals surface area contributed by atoms with Crippen LogP contribution in [0.4, 0.5) is 8.78 Å². The van der Waals surface area contributed by atoms with E-state index in [2.05, 4.69) is 4.98 Å². The van der Waals surface area contributed by atoms with Crippen LogP contribution in [0.1, 0.15) is 27.9 Å². The predicted octanol–water partition coefficient (Wildman–Crippen LogP) is 2.22. The summed E-state index contributed by atoms with van der Waals surface area (Å²) in [7, 11) is 1.60. The highest BCUT2D eigenvalue weighted by molar-refractivity contribution is 5.93. The van der Waals surface area contributed by atoms with Crippen molar-refractivity contribution in [3.8, 4) is 0 Å². The Balaban J connectivity index is 0.000000275. The highest BCUT2D eigenvalue weighted by atomic mass is 19.1. The van der Waals surface area contributed by atoms with E-state index in [1.54, 1.807) is 19.2 Å². The molecule has 1 amide bonds. The van der Waals surface area contributed by atoms with E-state index >= 15 is 0 Å². The van der Waals surface area contributed by atoms with Crippen molar-refractivity contribution in [3.63, 3.8) is 0 Å². The fourth-order valence-corrected chi connectivity index (χ4v) is 3.54. The Morgan fingerprint density at radius 1 is 1.03 bits per heavy atom. The number of rotatable bonds is 6. The minimum atomic E-state index is -1.10. The summed E-state index contributed by atoms with van der Waals surface area (Å²) in [5.74, 6) is -3.82. The number of aliphatic carboxylic acids is 1. The Kier molecular flexibility index (Phi) is 8.05. The Morgan fingerprint density at radius 2 is 1.67 bits per heavy atom. The van der Waals surface area contributed by atoms with Crippen LogP contribution in [-0.2, 0) is 24.8 Å². The first-order valence-corrected chi connectivity index (χ1v) is 10.7. The number of pyridine rings is 1. The van der Waals surface area contributed by atoms with Gasteiger partial charge >= 0.3 is 11.7 Å². The van der Waals surface area contributed by atoms with Gasteiger partial charge in [0.2, 0.25) is 0 Å². The molecule has 4 rings (SSSR count). The van der Waals surface area contributed by atoms with Crippen LogP contribution in [0.3, 0.4) is 0 Å². The highest BCUT2D eigenvalue weighted by Gasteiger charge is 2.13. The molecule has 0 saturated heterocycles. The Bertz CT molecular complexity index is 1540. The van der Waals surface area contributed by atoms with Crippen LogP contribution in [0.25, 0.3) is 10.9 Å². The van der Waals surface area contributed by atoms with Crippen molar-refractivity contribution >= 4 is 22.8 Å². The van der Waals surface area contributed by atoms with Gasteiger partial charge < -0.3 is 10.8 Å². The van der Waals surface area contributed by atoms with Gasteiger partial charge in [0.15, 0.2) is 0 Å². The normalized spacial score (nSPS) is 10.5. The van der Waals surface area contributed by atoms with Gasteiger partial charge in [-0.1, -0.05) is 30.3 Å². The van der Waals surface area contributed by atoms with Gasteiger partial charge in [-0.3, -0.25) is 28.5 Å². The van der Waals surface area contributed by atoms with Crippen molar-refractivity contribution in [2.45, 2.75) is 19.4 Å². The van der Waals surface area contributed by atoms with Crippen LogP contribution in [0, 0.1) is 11.6 Å². The Labute approximate surface area is 203 Å². The smallest absolute Gasteiger partial charge is 0.331 e. The molecule has 3 N–H and O–H groups in total. The topological polar surface area (TPSA) is 137 Å². The Hall–Kier alpha value is -4.67. The van der Waals surface area contributed by atoms with E-state index in [9.17, 15) is 28.0 Å². The second-order valence-corrected chi connectivity index (χ2v) is 7.80. The molecule has 0 aliphatic heterocycles. The van der Waals surface area contributed by atoms with E-state index in [0.717, 1.165) is 29.3 Å². The molecule has 0 spiro atoms. The van der Waals surface area contributed by atoms with Gasteiger partial charge in [-0.25, -0.2) is 13.6 Å². The summed E-state index contributed by atoms with van der Waals surface area (Å²) in [5, 5.41) is 9.22. The summed E-state index contributed by atoms with van der Waals surface area (Å²) < 4.78 is 27.7. The molecule has 0 radical (unpaired) electrons. The van der Waals surface area contributed by atoms with Crippen molar-refractivity contribution in [1.82, 2.24) is 14.1 Å². The molecule has 0 atom stereocenters. The van der Waals surface area contributed by atoms with Crippen molar-refractivity contribution in [1.29, 1.82) is 0 Å². The van der Waals surface area contributed by atoms with E-state index in [1.807, 2.05) is 18.2 Å². The number of halogens is 2. The molecule has 0 aliphatic carbocycles. The number of hydrogen-bond acceptors (Lipinski definition) is 5. The van der Waals surface area contributed by atoms with Gasteiger partial charge in [-0.2, -0.15) is 0 Å². The highest BCUT2D eigenvalue weighted by Crippen LogP contribution is 2.11. The number of carbonyl (C=O) groups is 2. The molecular weight excluding hydrogens is 474 g/mol. The molecule has 2 heterocycles. The third-order valence-corrected chi connectivity index (χ3v) is 5.32. The lowest BCUT2D eigenvalue weighted by atomic mass is 10.1. The summed E-state index contributed by atoms with van der Waals surface area (Å²) in [5.41, 5.74) is 5.35. The fourth-order valence-electron chi connectivity index (χ4n) is 3.54. The first kappa shape index (κ1) is 25.9. The molecule has 0 fully saturated rings. The molecule has 0 bridgehead atoms. The molecule has 4 aromatic rings. The quantitative estimate of drug-likeness (QED) is 0.420. The molecule has 186 valence electrons. The Morgan fingerprint density at radius 3 is 2.28 bits per heavy atom. The van der Waals surface area contributed by atoms with Crippen LogP contribution >= 0.6 is 0 Å². The largest absolute Gasteiger partial charge is 0.481 e. The van der Waals surface area contributed by atoms with Crippen LogP contribution in [0.2, 0.25) is 0 Å². The number of carboxylic acid groups (broad SMARTS) is 1. The molecule has 11 heteroatoms. The molecule has 0 saturated carbocycles. The summed E-state index contributed by atoms with van der Waals surface area (Å²) in [6, 6.07) is 12.0. The maximum Gasteiger partial charge on any atom is 0.331 e. The van der Waals surface area contributed by atoms with Gasteiger partial charge in [0.05, 0.1) is 23.6 Å². The van der Waals surface area contributed by atoms with E-state index in [4.69, 9.17) is 10.8 Å². The van der Waals surface area contributed by atoms with E-state index in [-0.39, 0.29) is 18.5 Å². The summed E-state index contributed by atoms with van der Waals surface area (Å²) in [6.45, 7) is 0.130. The first-order chi connectivity index (χ1) is 17.1. The first-order valence-electron chi connectivity index (χ1n) is 10.7. The lowest BCUT2D eigenvalue weighted by molar-refractivity contribution is -0.136. The van der Waals surface area contributed by atoms with Gasteiger partial charge in [0, 0.05) is 19.7 Å². The number of carbonyl (C=O) groups excluding carboxylic acids is 1. The molecule has 2 aromatic carbocycles. The zero-order valence-electron chi connectivity index (χ0n) is 19.1. The lowest BCUT2D eigenvalue weighted by Crippen LogP contribution is -2.39. The number of fused-ring (bicyclic) bond motifs is 1. The number of aromatic nitrogens is 3. The number of carboxylic acids is 1. The second-order valence-electron chi connectivity index (χ2n) is 7.80. The summed E-state index contributed by atoms with van der Waals surface area (Å²) in [4.78, 5) is 50.2. The zero-order chi connectivity index (χ0) is 26.4. The SMILES string of the molecule is Cn1c(=O)n(Cc2cccc(CCC(=O)O)c2)c(=O)c2ccncc21.NC(=O)c1c(F)cccc1F. The van der Waals surface area contributed by atoms with E-state index < -0.39 is 34.8 Å². The van der Waals surface area contributed by atoms with Gasteiger partial charge in [-0.05, 0) is 35.7 Å². The summed E-state index contributed by atoms with van der Waals surface area (Å²) >= 11 is 0. The molecule has 9 nitrogen and oxygen atoms in total. The standard InChI is InChI=1S/C18H17N3O4.C7H5F2NO/c1-20-15-10-19-8-7-14(15)17(24)21(18(20)25)11-13-4-2-3-12(9-13)5-6-16(22)23;8-4-2-1-3-5(9)6(4)7(10)11/h2-4,7-10H,5-6,11H2,1H3,(H,22,23);1-3H,(H2,10,11). The van der Waals surface area contributed by atoms with Crippen LogP contribution < -0.4 is 17.0 Å².